The predicted molar refractivity (Wildman–Crippen MR) is 117 cm³/mol. The second-order valence-corrected chi connectivity index (χ2v) is 8.89. The number of halogens is 1. The number of aryl methyl sites for hydroxylation is 1. The molecule has 3 heterocycles. The number of pyridine rings is 1. The van der Waals surface area contributed by atoms with Gasteiger partial charge in [-0.2, -0.15) is 0 Å². The van der Waals surface area contributed by atoms with E-state index >= 15 is 4.39 Å². The van der Waals surface area contributed by atoms with Gasteiger partial charge in [-0.3, -0.25) is 9.78 Å². The Labute approximate surface area is 176 Å². The van der Waals surface area contributed by atoms with E-state index in [9.17, 15) is 4.79 Å². The molecule has 2 aromatic heterocycles. The fourth-order valence-electron chi connectivity index (χ4n) is 4.29. The SMILES string of the molecule is CC(C)CN1CCC(F)(C(=O)Cc2cc3cc(-c4cncn4C)ccc3cn2)CC1. The molecule has 0 aliphatic carbocycles. The van der Waals surface area contributed by atoms with Crippen LogP contribution in [0.25, 0.3) is 22.0 Å². The first-order chi connectivity index (χ1) is 14.3. The molecule has 3 aromatic rings. The predicted octanol–water partition coefficient (Wildman–Crippen LogP) is 4.21. The van der Waals surface area contributed by atoms with Gasteiger partial charge in [0.1, 0.15) is 0 Å². The molecular formula is C24H29FN4O. The Kier molecular flexibility index (Phi) is 5.69. The van der Waals surface area contributed by atoms with E-state index in [0.29, 0.717) is 24.7 Å². The summed E-state index contributed by atoms with van der Waals surface area (Å²) in [5.74, 6) is 0.201. The summed E-state index contributed by atoms with van der Waals surface area (Å²) in [6, 6.07) is 8.02. The van der Waals surface area contributed by atoms with E-state index in [4.69, 9.17) is 0 Å². The van der Waals surface area contributed by atoms with Crippen LogP contribution in [0.1, 0.15) is 32.4 Å². The van der Waals surface area contributed by atoms with Crippen LogP contribution in [-0.2, 0) is 18.3 Å². The third-order valence-corrected chi connectivity index (χ3v) is 6.00. The van der Waals surface area contributed by atoms with Crippen LogP contribution in [0.5, 0.6) is 0 Å². The second kappa shape index (κ2) is 8.26. The molecule has 1 aliphatic rings. The van der Waals surface area contributed by atoms with E-state index < -0.39 is 5.67 Å². The van der Waals surface area contributed by atoms with Gasteiger partial charge >= 0.3 is 0 Å². The summed E-state index contributed by atoms with van der Waals surface area (Å²) in [6.07, 6.45) is 5.94. The Morgan fingerprint density at radius 2 is 1.93 bits per heavy atom. The van der Waals surface area contributed by atoms with Crippen molar-refractivity contribution in [1.82, 2.24) is 19.4 Å². The van der Waals surface area contributed by atoms with Crippen LogP contribution in [0.15, 0.2) is 43.0 Å². The summed E-state index contributed by atoms with van der Waals surface area (Å²) < 4.78 is 17.3. The van der Waals surface area contributed by atoms with Gasteiger partial charge in [-0.25, -0.2) is 9.37 Å². The average molecular weight is 409 g/mol. The smallest absolute Gasteiger partial charge is 0.175 e. The molecule has 0 bridgehead atoms. The Morgan fingerprint density at radius 1 is 1.17 bits per heavy atom. The van der Waals surface area contributed by atoms with Crippen LogP contribution >= 0.6 is 0 Å². The van der Waals surface area contributed by atoms with Gasteiger partial charge in [0.05, 0.1) is 24.6 Å². The number of rotatable bonds is 6. The monoisotopic (exact) mass is 408 g/mol. The number of aromatic nitrogens is 3. The van der Waals surface area contributed by atoms with E-state index in [0.717, 1.165) is 28.6 Å². The van der Waals surface area contributed by atoms with Crippen LogP contribution < -0.4 is 0 Å². The lowest BCUT2D eigenvalue weighted by atomic mass is 9.86. The molecule has 0 radical (unpaired) electrons. The van der Waals surface area contributed by atoms with Gasteiger partial charge < -0.3 is 9.47 Å². The van der Waals surface area contributed by atoms with Crippen LogP contribution in [0.4, 0.5) is 4.39 Å². The van der Waals surface area contributed by atoms with Gasteiger partial charge in [0.2, 0.25) is 0 Å². The number of benzene rings is 1. The number of hydrogen-bond donors (Lipinski definition) is 0. The number of hydrogen-bond acceptors (Lipinski definition) is 4. The van der Waals surface area contributed by atoms with E-state index in [1.165, 1.54) is 0 Å². The van der Waals surface area contributed by atoms with Crippen LogP contribution in [0, 0.1) is 5.92 Å². The molecule has 30 heavy (non-hydrogen) atoms. The van der Waals surface area contributed by atoms with Crippen molar-refractivity contribution in [2.75, 3.05) is 19.6 Å². The molecule has 4 rings (SSSR count). The maximum absolute atomic E-state index is 15.4. The van der Waals surface area contributed by atoms with Crippen molar-refractivity contribution < 1.29 is 9.18 Å². The molecule has 0 unspecified atom stereocenters. The fraction of sp³-hybridized carbons (Fsp3) is 0.458. The quantitative estimate of drug-likeness (QED) is 0.613. The Hall–Kier alpha value is -2.60. The number of imidazole rings is 1. The summed E-state index contributed by atoms with van der Waals surface area (Å²) in [5, 5.41) is 1.99. The summed E-state index contributed by atoms with van der Waals surface area (Å²) in [6.45, 7) is 6.55. The highest BCUT2D eigenvalue weighted by Gasteiger charge is 2.41. The zero-order valence-electron chi connectivity index (χ0n) is 17.9. The molecule has 1 saturated heterocycles. The maximum Gasteiger partial charge on any atom is 0.175 e. The lowest BCUT2D eigenvalue weighted by Crippen LogP contribution is -2.47. The molecule has 0 saturated carbocycles. The molecule has 6 heteroatoms. The topological polar surface area (TPSA) is 51.0 Å². The summed E-state index contributed by atoms with van der Waals surface area (Å²) >= 11 is 0. The van der Waals surface area contributed by atoms with Gasteiger partial charge in [-0.15, -0.1) is 0 Å². The molecule has 5 nitrogen and oxygen atoms in total. The highest BCUT2D eigenvalue weighted by atomic mass is 19.1. The van der Waals surface area contributed by atoms with Crippen LogP contribution in [0.3, 0.4) is 0 Å². The maximum atomic E-state index is 15.4. The summed E-state index contributed by atoms with van der Waals surface area (Å²) in [7, 11) is 1.95. The van der Waals surface area contributed by atoms with E-state index in [-0.39, 0.29) is 25.0 Å². The van der Waals surface area contributed by atoms with Crippen LogP contribution in [-0.4, -0.2) is 50.5 Å². The molecular weight excluding hydrogens is 379 g/mol. The molecule has 0 N–H and O–H groups in total. The van der Waals surface area contributed by atoms with Gasteiger partial charge in [0, 0.05) is 62.4 Å². The number of likely N-dealkylation sites (tertiary alicyclic amines) is 1. The number of carbonyl (C=O) groups is 1. The number of piperidine rings is 1. The van der Waals surface area contributed by atoms with Crippen molar-refractivity contribution >= 4 is 16.6 Å². The number of alkyl halides is 1. The number of Topliss-reactive ketones (excluding diaryl/α,β-unsaturated/α-hetero) is 1. The van der Waals surface area contributed by atoms with Crippen molar-refractivity contribution in [2.24, 2.45) is 13.0 Å². The van der Waals surface area contributed by atoms with Crippen molar-refractivity contribution in [3.8, 4) is 11.3 Å². The third kappa shape index (κ3) is 4.29. The lowest BCUT2D eigenvalue weighted by Gasteiger charge is -2.36. The molecule has 158 valence electrons. The fourth-order valence-corrected chi connectivity index (χ4v) is 4.29. The minimum atomic E-state index is -1.74. The van der Waals surface area contributed by atoms with Gasteiger partial charge in [0.15, 0.2) is 11.5 Å². The standard InChI is InChI=1S/C24H29FN4O/c1-17(2)15-29-8-6-24(25,7-9-29)23(30)12-21-11-20-10-18(4-5-19(20)13-27-21)22-14-26-16-28(22)3/h4-5,10-11,13-14,16-17H,6-9,12,15H2,1-3H3. The molecule has 1 aromatic carbocycles. The highest BCUT2D eigenvalue weighted by molar-refractivity contribution is 5.91. The molecule has 1 aliphatic heterocycles. The molecule has 1 fully saturated rings. The van der Waals surface area contributed by atoms with Crippen molar-refractivity contribution in [3.05, 3.63) is 48.7 Å². The van der Waals surface area contributed by atoms with Crippen molar-refractivity contribution in [3.63, 3.8) is 0 Å². The molecule has 0 spiro atoms. The second-order valence-electron chi connectivity index (χ2n) is 8.89. The number of nitrogens with zero attached hydrogens (tertiary/aromatic N) is 4. The highest BCUT2D eigenvalue weighted by Crippen LogP contribution is 2.30. The third-order valence-electron chi connectivity index (χ3n) is 6.00. The number of carbonyl (C=O) groups excluding carboxylic acids is 1. The Balaban J connectivity index is 1.49. The minimum Gasteiger partial charge on any atom is -0.334 e. The zero-order valence-corrected chi connectivity index (χ0v) is 17.9. The number of fused-ring (bicyclic) bond motifs is 1. The average Bonchev–Trinajstić information content (AvgIpc) is 3.15. The molecule has 0 atom stereocenters. The van der Waals surface area contributed by atoms with Gasteiger partial charge in [-0.1, -0.05) is 26.0 Å². The Morgan fingerprint density at radius 3 is 2.60 bits per heavy atom. The van der Waals surface area contributed by atoms with Gasteiger partial charge in [0.25, 0.3) is 0 Å². The van der Waals surface area contributed by atoms with Gasteiger partial charge in [-0.05, 0) is 23.4 Å². The van der Waals surface area contributed by atoms with E-state index in [2.05, 4.69) is 34.8 Å². The first-order valence-electron chi connectivity index (χ1n) is 10.6. The summed E-state index contributed by atoms with van der Waals surface area (Å²) in [5.41, 5.74) is 0.949. The van der Waals surface area contributed by atoms with E-state index in [1.807, 2.05) is 36.0 Å². The first kappa shape index (κ1) is 20.7. The normalized spacial score (nSPS) is 17.0. The Bertz CT molecular complexity index is 1050. The zero-order chi connectivity index (χ0) is 21.3. The molecule has 0 amide bonds. The van der Waals surface area contributed by atoms with Crippen molar-refractivity contribution in [1.29, 1.82) is 0 Å². The largest absolute Gasteiger partial charge is 0.334 e. The summed E-state index contributed by atoms with van der Waals surface area (Å²) in [4.78, 5) is 23.7. The minimum absolute atomic E-state index is 0.0343. The number of ketones is 1. The van der Waals surface area contributed by atoms with E-state index in [1.54, 1.807) is 12.5 Å². The lowest BCUT2D eigenvalue weighted by molar-refractivity contribution is -0.133. The first-order valence-corrected chi connectivity index (χ1v) is 10.6. The van der Waals surface area contributed by atoms with Crippen molar-refractivity contribution in [2.45, 2.75) is 38.8 Å². The van der Waals surface area contributed by atoms with Crippen LogP contribution in [0.2, 0.25) is 0 Å².